The third-order valence-electron chi connectivity index (χ3n) is 5.68. The fraction of sp³-hybridized carbons (Fsp3) is 0.429. The predicted octanol–water partition coefficient (Wildman–Crippen LogP) is 4.48. The van der Waals surface area contributed by atoms with E-state index in [0.717, 1.165) is 16.7 Å². The highest BCUT2D eigenvalue weighted by molar-refractivity contribution is 5.89. The average molecular weight is 324 g/mol. The molecule has 0 amide bonds. The maximum atomic E-state index is 5.96. The van der Waals surface area contributed by atoms with Gasteiger partial charge in [0.15, 0.2) is 0 Å². The van der Waals surface area contributed by atoms with Crippen molar-refractivity contribution >= 4 is 16.7 Å². The summed E-state index contributed by atoms with van der Waals surface area (Å²) in [5, 5.41) is 0. The molecule has 0 radical (unpaired) electrons. The highest BCUT2D eigenvalue weighted by Gasteiger charge is 2.36. The Morgan fingerprint density at radius 3 is 1.08 bits per heavy atom. The van der Waals surface area contributed by atoms with Crippen LogP contribution in [0.1, 0.15) is 54.2 Å². The number of ether oxygens (including phenoxy) is 3. The second kappa shape index (κ2) is 5.41. The molecular formula is C21H24O3. The largest absolute Gasteiger partial charge is 0.369 e. The van der Waals surface area contributed by atoms with E-state index in [1.807, 2.05) is 0 Å². The highest BCUT2D eigenvalue weighted by atomic mass is 16.5. The predicted molar refractivity (Wildman–Crippen MR) is 96.3 cm³/mol. The van der Waals surface area contributed by atoms with Crippen LogP contribution in [0.2, 0.25) is 0 Å². The fourth-order valence-electron chi connectivity index (χ4n) is 4.05. The Kier molecular flexibility index (Phi) is 3.57. The van der Waals surface area contributed by atoms with E-state index in [1.165, 1.54) is 33.4 Å². The molecule has 0 fully saturated rings. The van der Waals surface area contributed by atoms with Crippen molar-refractivity contribution in [3.8, 4) is 0 Å². The average Bonchev–Trinajstić information content (AvgIpc) is 2.56. The molecule has 0 N–H and O–H groups in total. The molecule has 3 heterocycles. The normalized spacial score (nSPS) is 29.1. The molecule has 0 aromatic heterocycles. The summed E-state index contributed by atoms with van der Waals surface area (Å²) in [6.07, 6.45) is 0.0355. The Bertz CT molecular complexity index is 661. The van der Waals surface area contributed by atoms with E-state index < -0.39 is 0 Å². The Hall–Kier alpha value is -1.68. The standard InChI is InChI=1S/C21H24O3/c1-10-13(4)22-7-16-19(10)17-8-23-14(5)11(2)21(17)18-9-24-15(6)12(3)20(16)18/h13-15H,1-3,7-9H2,4-6H3/t13-,14-,15+/m1/s1. The maximum absolute atomic E-state index is 5.96. The van der Waals surface area contributed by atoms with Crippen LogP contribution in [0.5, 0.6) is 0 Å². The van der Waals surface area contributed by atoms with Crippen LogP contribution in [0.3, 0.4) is 0 Å². The van der Waals surface area contributed by atoms with Crippen molar-refractivity contribution in [3.63, 3.8) is 0 Å². The van der Waals surface area contributed by atoms with E-state index in [4.69, 9.17) is 14.2 Å². The zero-order valence-electron chi connectivity index (χ0n) is 14.7. The molecular weight excluding hydrogens is 300 g/mol. The van der Waals surface area contributed by atoms with Gasteiger partial charge in [0.2, 0.25) is 0 Å². The second-order valence-corrected chi connectivity index (χ2v) is 7.00. The van der Waals surface area contributed by atoms with Gasteiger partial charge in [-0.15, -0.1) is 0 Å². The Labute approximate surface area is 143 Å². The van der Waals surface area contributed by atoms with Gasteiger partial charge in [-0.3, -0.25) is 0 Å². The summed E-state index contributed by atoms with van der Waals surface area (Å²) in [6, 6.07) is 0. The van der Waals surface area contributed by atoms with Gasteiger partial charge in [0.1, 0.15) is 0 Å². The molecule has 0 bridgehead atoms. The zero-order valence-corrected chi connectivity index (χ0v) is 14.7. The molecule has 4 rings (SSSR count). The van der Waals surface area contributed by atoms with Gasteiger partial charge in [0.05, 0.1) is 38.1 Å². The summed E-state index contributed by atoms with van der Waals surface area (Å²) >= 11 is 0. The minimum Gasteiger partial charge on any atom is -0.369 e. The van der Waals surface area contributed by atoms with Crippen LogP contribution in [-0.4, -0.2) is 18.3 Å². The SMILES string of the molecule is C=C1c2c(c3c(c4c2CO[C@H](C)C4=C)CO[C@H](C)C3=C)CO[C@H]1C. The first-order valence-corrected chi connectivity index (χ1v) is 8.54. The molecule has 3 atom stereocenters. The summed E-state index contributed by atoms with van der Waals surface area (Å²) in [7, 11) is 0. The first-order valence-electron chi connectivity index (χ1n) is 8.54. The van der Waals surface area contributed by atoms with Crippen molar-refractivity contribution in [2.24, 2.45) is 0 Å². The lowest BCUT2D eigenvalue weighted by molar-refractivity contribution is 0.0674. The maximum Gasteiger partial charge on any atom is 0.0801 e. The van der Waals surface area contributed by atoms with Gasteiger partial charge in [-0.2, -0.15) is 0 Å². The van der Waals surface area contributed by atoms with E-state index in [-0.39, 0.29) is 18.3 Å². The quantitative estimate of drug-likeness (QED) is 0.704. The van der Waals surface area contributed by atoms with Crippen molar-refractivity contribution in [2.45, 2.75) is 58.9 Å². The van der Waals surface area contributed by atoms with Crippen LogP contribution < -0.4 is 0 Å². The Morgan fingerprint density at radius 1 is 0.583 bits per heavy atom. The molecule has 0 unspecified atom stereocenters. The molecule has 24 heavy (non-hydrogen) atoms. The topological polar surface area (TPSA) is 27.7 Å². The lowest BCUT2D eigenvalue weighted by atomic mass is 9.75. The molecule has 0 saturated heterocycles. The Morgan fingerprint density at radius 2 is 0.833 bits per heavy atom. The van der Waals surface area contributed by atoms with Crippen molar-refractivity contribution in [1.29, 1.82) is 0 Å². The lowest BCUT2D eigenvalue weighted by Crippen LogP contribution is -2.30. The second-order valence-electron chi connectivity index (χ2n) is 7.00. The molecule has 0 saturated carbocycles. The van der Waals surface area contributed by atoms with Crippen molar-refractivity contribution in [2.75, 3.05) is 0 Å². The molecule has 0 aliphatic carbocycles. The van der Waals surface area contributed by atoms with Crippen LogP contribution >= 0.6 is 0 Å². The first kappa shape index (κ1) is 15.8. The van der Waals surface area contributed by atoms with E-state index in [2.05, 4.69) is 40.5 Å². The van der Waals surface area contributed by atoms with Gasteiger partial charge in [-0.1, -0.05) is 19.7 Å². The third-order valence-corrected chi connectivity index (χ3v) is 5.68. The fourth-order valence-corrected chi connectivity index (χ4v) is 4.05. The lowest BCUT2D eigenvalue weighted by Gasteiger charge is -2.39. The molecule has 3 heteroatoms. The summed E-state index contributed by atoms with van der Waals surface area (Å²) < 4.78 is 17.9. The number of rotatable bonds is 0. The van der Waals surface area contributed by atoms with Gasteiger partial charge in [-0.05, 0) is 70.9 Å². The molecule has 1 aromatic rings. The van der Waals surface area contributed by atoms with Gasteiger partial charge < -0.3 is 14.2 Å². The van der Waals surface area contributed by atoms with Crippen LogP contribution in [0, 0.1) is 0 Å². The van der Waals surface area contributed by atoms with Crippen LogP contribution in [-0.2, 0) is 34.0 Å². The van der Waals surface area contributed by atoms with Crippen LogP contribution in [0.15, 0.2) is 19.7 Å². The van der Waals surface area contributed by atoms with Gasteiger partial charge >= 0.3 is 0 Å². The number of hydrogen-bond donors (Lipinski definition) is 0. The van der Waals surface area contributed by atoms with Gasteiger partial charge in [0, 0.05) is 0 Å². The van der Waals surface area contributed by atoms with Crippen molar-refractivity contribution in [1.82, 2.24) is 0 Å². The minimum atomic E-state index is 0.0118. The molecule has 3 aliphatic heterocycles. The molecule has 0 spiro atoms. The first-order chi connectivity index (χ1) is 11.4. The van der Waals surface area contributed by atoms with E-state index >= 15 is 0 Å². The zero-order chi connectivity index (χ0) is 17.2. The number of hydrogen-bond acceptors (Lipinski definition) is 3. The molecule has 126 valence electrons. The van der Waals surface area contributed by atoms with E-state index in [1.54, 1.807) is 0 Å². The summed E-state index contributed by atoms with van der Waals surface area (Å²) in [4.78, 5) is 0. The highest BCUT2D eigenvalue weighted by Crippen LogP contribution is 2.47. The van der Waals surface area contributed by atoms with Gasteiger partial charge in [-0.25, -0.2) is 0 Å². The molecule has 1 aromatic carbocycles. The molecule has 3 aliphatic rings. The number of fused-ring (bicyclic) bond motifs is 6. The third kappa shape index (κ3) is 2.02. The summed E-state index contributed by atoms with van der Waals surface area (Å²) in [5.41, 5.74) is 10.2. The van der Waals surface area contributed by atoms with Gasteiger partial charge in [0.25, 0.3) is 0 Å². The minimum absolute atomic E-state index is 0.0118. The van der Waals surface area contributed by atoms with Crippen molar-refractivity contribution < 1.29 is 14.2 Å². The summed E-state index contributed by atoms with van der Waals surface area (Å²) in [5.74, 6) is 0. The monoisotopic (exact) mass is 324 g/mol. The van der Waals surface area contributed by atoms with E-state index in [0.29, 0.717) is 19.8 Å². The van der Waals surface area contributed by atoms with Crippen molar-refractivity contribution in [3.05, 3.63) is 53.1 Å². The van der Waals surface area contributed by atoms with E-state index in [9.17, 15) is 0 Å². The van der Waals surface area contributed by atoms with Crippen LogP contribution in [0.25, 0.3) is 16.7 Å². The Balaban J connectivity index is 2.09. The van der Waals surface area contributed by atoms with Crippen LogP contribution in [0.4, 0.5) is 0 Å². The summed E-state index contributed by atoms with van der Waals surface area (Å²) in [6.45, 7) is 20.8. The number of benzene rings is 1. The molecule has 3 nitrogen and oxygen atoms in total. The smallest absolute Gasteiger partial charge is 0.0801 e.